The molecule has 0 radical (unpaired) electrons. The Morgan fingerprint density at radius 3 is 0.606 bits per heavy atom. The Kier molecular flexibility index (Phi) is 12.8. The van der Waals surface area contributed by atoms with Crippen LogP contribution < -0.4 is 17.8 Å². The molecule has 0 fully saturated rings. The normalized spacial score (nSPS) is 10.1. The average molecular weight is 698 g/mol. The molecule has 33 heavy (non-hydrogen) atoms. The molecule has 0 amide bonds. The Bertz CT molecular complexity index is 893. The van der Waals surface area contributed by atoms with Crippen LogP contribution in [0.15, 0.2) is 97.1 Å². The van der Waals surface area contributed by atoms with Gasteiger partial charge in [0.2, 0.25) is 0 Å². The van der Waals surface area contributed by atoms with E-state index in [1.165, 1.54) is 40.1 Å². The van der Waals surface area contributed by atoms with E-state index < -0.39 is 0 Å². The summed E-state index contributed by atoms with van der Waals surface area (Å²) in [6, 6.07) is 35.8. The first-order valence-electron chi connectivity index (χ1n) is 10.4. The van der Waals surface area contributed by atoms with E-state index >= 15 is 0 Å². The molecule has 0 bridgehead atoms. The minimum atomic E-state index is 0. The van der Waals surface area contributed by atoms with Crippen LogP contribution in [0.1, 0.15) is 22.3 Å². The van der Waals surface area contributed by atoms with E-state index in [0.29, 0.717) is 52.5 Å². The largest absolute Gasteiger partial charge is 0.412 e. The number of aryl methyl sites for hydroxylation is 4. The molecule has 5 heteroatoms. The molecule has 0 unspecified atom stereocenters. The van der Waals surface area contributed by atoms with Crippen LogP contribution in [-0.4, -0.2) is 58.0 Å². The van der Waals surface area contributed by atoms with Crippen molar-refractivity contribution < 1.29 is 5.48 Å². The molecular formula is C28H30OSe4. The van der Waals surface area contributed by atoms with Gasteiger partial charge in [-0.15, -0.1) is 0 Å². The molecule has 0 atom stereocenters. The third kappa shape index (κ3) is 10.8. The number of benzene rings is 4. The number of hydrogen-bond acceptors (Lipinski definition) is 0. The molecule has 0 spiro atoms. The maximum absolute atomic E-state index is 2.27. The molecule has 0 aliphatic carbocycles. The monoisotopic (exact) mass is 702 g/mol. The van der Waals surface area contributed by atoms with Gasteiger partial charge in [-0.1, -0.05) is 0 Å². The van der Waals surface area contributed by atoms with Gasteiger partial charge in [0, 0.05) is 0 Å². The molecule has 4 rings (SSSR count). The second-order valence-corrected chi connectivity index (χ2v) is 20.2. The van der Waals surface area contributed by atoms with Crippen molar-refractivity contribution in [3.8, 4) is 0 Å². The summed E-state index contributed by atoms with van der Waals surface area (Å²) in [5, 5.41) is 0. The van der Waals surface area contributed by atoms with Crippen LogP contribution in [0.25, 0.3) is 0 Å². The topological polar surface area (TPSA) is 31.5 Å². The van der Waals surface area contributed by atoms with E-state index in [4.69, 9.17) is 0 Å². The van der Waals surface area contributed by atoms with Gasteiger partial charge in [-0.05, 0) is 0 Å². The van der Waals surface area contributed by atoms with Crippen molar-refractivity contribution in [1.82, 2.24) is 0 Å². The molecule has 0 saturated carbocycles. The van der Waals surface area contributed by atoms with Crippen molar-refractivity contribution in [1.29, 1.82) is 0 Å². The summed E-state index contributed by atoms with van der Waals surface area (Å²) in [6.45, 7) is 8.56. The van der Waals surface area contributed by atoms with Crippen LogP contribution in [-0.2, 0) is 0 Å². The zero-order valence-electron chi connectivity index (χ0n) is 19.4. The van der Waals surface area contributed by atoms with Gasteiger partial charge >= 0.3 is 217 Å². The van der Waals surface area contributed by atoms with Crippen molar-refractivity contribution in [2.24, 2.45) is 0 Å². The smallest absolute Gasteiger partial charge is 0.412 e. The fourth-order valence-electron chi connectivity index (χ4n) is 2.57. The Morgan fingerprint density at radius 2 is 0.455 bits per heavy atom. The van der Waals surface area contributed by atoms with E-state index in [1.807, 2.05) is 0 Å². The zero-order valence-corrected chi connectivity index (χ0v) is 26.2. The summed E-state index contributed by atoms with van der Waals surface area (Å²) in [4.78, 5) is 0. The van der Waals surface area contributed by atoms with Gasteiger partial charge in [0.1, 0.15) is 0 Å². The molecule has 0 heterocycles. The summed E-state index contributed by atoms with van der Waals surface area (Å²) in [7, 11) is 0. The van der Waals surface area contributed by atoms with E-state index in [2.05, 4.69) is 125 Å². The zero-order chi connectivity index (χ0) is 22.8. The van der Waals surface area contributed by atoms with Crippen molar-refractivity contribution in [3.05, 3.63) is 119 Å². The summed E-state index contributed by atoms with van der Waals surface area (Å²) < 4.78 is 6.05. The van der Waals surface area contributed by atoms with E-state index in [9.17, 15) is 0 Å². The van der Waals surface area contributed by atoms with Gasteiger partial charge in [0.15, 0.2) is 0 Å². The molecule has 0 aromatic heterocycles. The Labute approximate surface area is 221 Å². The van der Waals surface area contributed by atoms with Gasteiger partial charge in [-0.25, -0.2) is 0 Å². The van der Waals surface area contributed by atoms with Crippen LogP contribution in [0, 0.1) is 27.7 Å². The van der Waals surface area contributed by atoms with Crippen LogP contribution in [0.4, 0.5) is 0 Å². The minimum absolute atomic E-state index is 0. The molecule has 2 N–H and O–H groups in total. The molecule has 0 aliphatic heterocycles. The molecule has 1 nitrogen and oxygen atoms in total. The van der Waals surface area contributed by atoms with E-state index in [1.54, 1.807) is 0 Å². The summed E-state index contributed by atoms with van der Waals surface area (Å²) in [6.07, 6.45) is 0. The first-order chi connectivity index (χ1) is 15.5. The predicted molar refractivity (Wildman–Crippen MR) is 150 cm³/mol. The molecule has 0 aliphatic rings. The third-order valence-electron chi connectivity index (χ3n) is 4.55. The van der Waals surface area contributed by atoms with Crippen molar-refractivity contribution >= 4 is 70.4 Å². The maximum atomic E-state index is 2.27. The summed E-state index contributed by atoms with van der Waals surface area (Å²) >= 11 is 2.48. The van der Waals surface area contributed by atoms with Gasteiger partial charge in [0.05, 0.1) is 0 Å². The third-order valence-corrected chi connectivity index (χ3v) is 19.0. The van der Waals surface area contributed by atoms with E-state index in [-0.39, 0.29) is 5.48 Å². The molecule has 4 aromatic rings. The van der Waals surface area contributed by atoms with Gasteiger partial charge in [-0.3, -0.25) is 0 Å². The van der Waals surface area contributed by atoms with Crippen molar-refractivity contribution in [2.45, 2.75) is 27.7 Å². The first kappa shape index (κ1) is 28.2. The molecule has 4 aromatic carbocycles. The van der Waals surface area contributed by atoms with Gasteiger partial charge in [0.25, 0.3) is 0 Å². The van der Waals surface area contributed by atoms with Crippen LogP contribution in [0.3, 0.4) is 0 Å². The van der Waals surface area contributed by atoms with Crippen LogP contribution in [0.2, 0.25) is 0 Å². The molecular weight excluding hydrogens is 668 g/mol. The molecule has 172 valence electrons. The maximum Gasteiger partial charge on any atom is -0.412 e. The second-order valence-electron chi connectivity index (χ2n) is 7.59. The standard InChI is InChI=1S/2C14H14Se2.H2O/c2*1-11-3-7-13(8-4-11)15-16-14-9-5-12(2)6-10-14;/h2*3-10H,1-2H3;1H2. The fraction of sp³-hybridized carbons (Fsp3) is 0.143. The SMILES string of the molecule is Cc1ccc([Se][Se]c2ccc(C)cc2)cc1.Cc1ccc([Se][Se]c2ccc(C)cc2)cc1.O. The van der Waals surface area contributed by atoms with Gasteiger partial charge < -0.3 is 5.48 Å². The second kappa shape index (κ2) is 15.0. The van der Waals surface area contributed by atoms with Crippen LogP contribution in [0.5, 0.6) is 0 Å². The van der Waals surface area contributed by atoms with Crippen molar-refractivity contribution in [3.63, 3.8) is 0 Å². The average Bonchev–Trinajstić information content (AvgIpc) is 2.81. The predicted octanol–water partition coefficient (Wildman–Crippen LogP) is 2.33. The van der Waals surface area contributed by atoms with Gasteiger partial charge in [-0.2, -0.15) is 0 Å². The first-order valence-corrected chi connectivity index (χ1v) is 22.5. The number of hydrogen-bond donors (Lipinski definition) is 0. The number of rotatable bonds is 6. The minimum Gasteiger partial charge on any atom is -0.412 e. The van der Waals surface area contributed by atoms with E-state index in [0.717, 1.165) is 0 Å². The molecule has 0 saturated heterocycles. The quantitative estimate of drug-likeness (QED) is 0.278. The summed E-state index contributed by atoms with van der Waals surface area (Å²) in [5.41, 5.74) is 5.40. The Balaban J connectivity index is 0.000000227. The van der Waals surface area contributed by atoms with Crippen molar-refractivity contribution in [2.75, 3.05) is 0 Å². The van der Waals surface area contributed by atoms with Crippen LogP contribution >= 0.6 is 0 Å². The Morgan fingerprint density at radius 1 is 0.303 bits per heavy atom. The summed E-state index contributed by atoms with van der Waals surface area (Å²) in [5.74, 6) is 0. The fourth-order valence-corrected chi connectivity index (χ4v) is 14.5. The Hall–Kier alpha value is -1.08.